The van der Waals surface area contributed by atoms with Gasteiger partial charge in [0.1, 0.15) is 5.82 Å². The zero-order chi connectivity index (χ0) is 22.8. The predicted molar refractivity (Wildman–Crippen MR) is 136 cm³/mol. The second-order valence-electron chi connectivity index (χ2n) is 7.90. The third-order valence-electron chi connectivity index (χ3n) is 5.67. The largest absolute Gasteiger partial charge is 0.340 e. The third kappa shape index (κ3) is 4.46. The van der Waals surface area contributed by atoms with Gasteiger partial charge in [0.25, 0.3) is 0 Å². The monoisotopic (exact) mass is 476 g/mol. The van der Waals surface area contributed by atoms with Gasteiger partial charge in [-0.25, -0.2) is 18.4 Å². The summed E-state index contributed by atoms with van der Waals surface area (Å²) in [5, 5.41) is 4.23. The molecule has 0 spiro atoms. The van der Waals surface area contributed by atoms with Crippen molar-refractivity contribution in [2.24, 2.45) is 0 Å². The number of hydrogen-bond donors (Lipinski definition) is 1. The Morgan fingerprint density at radius 3 is 2.42 bits per heavy atom. The van der Waals surface area contributed by atoms with Crippen molar-refractivity contribution in [3.63, 3.8) is 0 Å². The van der Waals surface area contributed by atoms with Gasteiger partial charge in [0, 0.05) is 41.2 Å². The normalized spacial score (nSPS) is 14.9. The summed E-state index contributed by atoms with van der Waals surface area (Å²) in [5.74, 6) is 2.90. The number of nitrogens with zero attached hydrogens (tertiary/aromatic N) is 3. The van der Waals surface area contributed by atoms with E-state index in [1.807, 2.05) is 73.7 Å². The number of nitrogens with one attached hydrogen (secondary N) is 1. The molecule has 1 aromatic heterocycles. The topological polar surface area (TPSA) is 75.2 Å². The Balaban J connectivity index is 1.56. The fraction of sp³-hybridized carbons (Fsp3) is 0.200. The van der Waals surface area contributed by atoms with Crippen LogP contribution in [-0.4, -0.2) is 47.3 Å². The number of benzene rings is 3. The van der Waals surface area contributed by atoms with Crippen LogP contribution in [0.2, 0.25) is 0 Å². The van der Waals surface area contributed by atoms with Crippen molar-refractivity contribution in [2.75, 3.05) is 29.9 Å². The summed E-state index contributed by atoms with van der Waals surface area (Å²) in [6, 6.07) is 23.1. The summed E-state index contributed by atoms with van der Waals surface area (Å²) < 4.78 is 28.2. The summed E-state index contributed by atoms with van der Waals surface area (Å²) in [6.07, 6.45) is 0. The van der Waals surface area contributed by atoms with E-state index in [1.165, 1.54) is 0 Å². The molecule has 3 aromatic carbocycles. The Morgan fingerprint density at radius 1 is 0.909 bits per heavy atom. The van der Waals surface area contributed by atoms with Crippen molar-refractivity contribution < 1.29 is 8.42 Å². The first-order valence-electron chi connectivity index (χ1n) is 10.8. The number of aromatic nitrogens is 2. The van der Waals surface area contributed by atoms with Gasteiger partial charge in [-0.2, -0.15) is 16.1 Å². The average molecular weight is 477 g/mol. The number of para-hydroxylation sites is 1. The highest BCUT2D eigenvalue weighted by molar-refractivity contribution is 7.99. The Labute approximate surface area is 198 Å². The highest BCUT2D eigenvalue weighted by atomic mass is 32.2. The molecule has 0 unspecified atom stereocenters. The second kappa shape index (κ2) is 9.13. The smallest absolute Gasteiger partial charge is 0.243 e. The van der Waals surface area contributed by atoms with Gasteiger partial charge in [0.05, 0.1) is 10.4 Å². The molecule has 0 aliphatic carbocycles. The van der Waals surface area contributed by atoms with Crippen LogP contribution < -0.4 is 5.32 Å². The van der Waals surface area contributed by atoms with Gasteiger partial charge < -0.3 is 5.32 Å². The maximum absolute atomic E-state index is 13.3. The van der Waals surface area contributed by atoms with E-state index in [2.05, 4.69) is 5.32 Å². The quantitative estimate of drug-likeness (QED) is 0.433. The van der Waals surface area contributed by atoms with Crippen LogP contribution in [0.3, 0.4) is 0 Å². The number of anilines is 2. The fourth-order valence-electron chi connectivity index (χ4n) is 3.91. The highest BCUT2D eigenvalue weighted by Gasteiger charge is 2.28. The minimum Gasteiger partial charge on any atom is -0.340 e. The molecule has 4 aromatic rings. The lowest BCUT2D eigenvalue weighted by Gasteiger charge is -2.26. The Kier molecular flexibility index (Phi) is 6.05. The number of hydrogen-bond acceptors (Lipinski definition) is 6. The first kappa shape index (κ1) is 21.9. The van der Waals surface area contributed by atoms with Gasteiger partial charge in [-0.1, -0.05) is 48.5 Å². The summed E-state index contributed by atoms with van der Waals surface area (Å²) in [6.45, 7) is 2.92. The standard InChI is InChI=1S/C25H24N4O2S2/c1-18-11-12-20(17-23(18)33(30,31)29-13-15-32-16-14-29)26-25-21-9-5-6-10-22(21)27-24(28-25)19-7-3-2-4-8-19/h2-12,17H,13-16H2,1H3,(H,26,27,28). The maximum atomic E-state index is 13.3. The second-order valence-corrected chi connectivity index (χ2v) is 11.0. The molecule has 1 saturated heterocycles. The lowest BCUT2D eigenvalue weighted by molar-refractivity contribution is 0.443. The van der Waals surface area contributed by atoms with E-state index in [9.17, 15) is 8.42 Å². The molecule has 33 heavy (non-hydrogen) atoms. The Morgan fingerprint density at radius 2 is 1.64 bits per heavy atom. The van der Waals surface area contributed by atoms with Crippen molar-refractivity contribution in [2.45, 2.75) is 11.8 Å². The number of thioether (sulfide) groups is 1. The SMILES string of the molecule is Cc1ccc(Nc2nc(-c3ccccc3)nc3ccccc23)cc1S(=O)(=O)N1CCSCC1. The summed E-state index contributed by atoms with van der Waals surface area (Å²) in [4.78, 5) is 9.84. The molecule has 0 atom stereocenters. The van der Waals surface area contributed by atoms with E-state index < -0.39 is 10.0 Å². The van der Waals surface area contributed by atoms with Crippen LogP contribution >= 0.6 is 11.8 Å². The molecule has 1 aliphatic heterocycles. The molecule has 1 N–H and O–H groups in total. The van der Waals surface area contributed by atoms with Gasteiger partial charge >= 0.3 is 0 Å². The summed E-state index contributed by atoms with van der Waals surface area (Å²) in [5.41, 5.74) is 3.14. The summed E-state index contributed by atoms with van der Waals surface area (Å²) >= 11 is 1.79. The lowest BCUT2D eigenvalue weighted by Crippen LogP contribution is -2.38. The molecule has 8 heteroatoms. The van der Waals surface area contributed by atoms with Gasteiger partial charge in [0.15, 0.2) is 5.82 Å². The van der Waals surface area contributed by atoms with Crippen LogP contribution in [0.25, 0.3) is 22.3 Å². The third-order valence-corrected chi connectivity index (χ3v) is 8.66. The van der Waals surface area contributed by atoms with Crippen molar-refractivity contribution >= 4 is 44.2 Å². The molecule has 6 nitrogen and oxygen atoms in total. The van der Waals surface area contributed by atoms with Crippen molar-refractivity contribution in [3.05, 3.63) is 78.4 Å². The van der Waals surface area contributed by atoms with Gasteiger partial charge in [-0.3, -0.25) is 0 Å². The molecule has 0 saturated carbocycles. The molecule has 1 fully saturated rings. The van der Waals surface area contributed by atoms with Crippen LogP contribution in [-0.2, 0) is 10.0 Å². The van der Waals surface area contributed by atoms with Crippen LogP contribution in [0, 0.1) is 6.92 Å². The first-order valence-corrected chi connectivity index (χ1v) is 13.4. The molecule has 168 valence electrons. The number of fused-ring (bicyclic) bond motifs is 1. The van der Waals surface area contributed by atoms with Crippen molar-refractivity contribution in [1.82, 2.24) is 14.3 Å². The van der Waals surface area contributed by atoms with Gasteiger partial charge in [-0.15, -0.1) is 0 Å². The van der Waals surface area contributed by atoms with E-state index in [4.69, 9.17) is 9.97 Å². The molecule has 0 radical (unpaired) electrons. The van der Waals surface area contributed by atoms with Crippen LogP contribution in [0.4, 0.5) is 11.5 Å². The zero-order valence-corrected chi connectivity index (χ0v) is 19.9. The minimum atomic E-state index is -3.55. The van der Waals surface area contributed by atoms with E-state index in [1.54, 1.807) is 22.1 Å². The summed E-state index contributed by atoms with van der Waals surface area (Å²) in [7, 11) is -3.55. The highest BCUT2D eigenvalue weighted by Crippen LogP contribution is 2.30. The predicted octanol–water partition coefficient (Wildman–Crippen LogP) is 5.09. The van der Waals surface area contributed by atoms with Crippen LogP contribution in [0.15, 0.2) is 77.7 Å². The number of aryl methyl sites for hydroxylation is 1. The van der Waals surface area contributed by atoms with E-state index in [-0.39, 0.29) is 0 Å². The number of sulfonamides is 1. The Bertz CT molecular complexity index is 1400. The first-order chi connectivity index (χ1) is 16.0. The van der Waals surface area contributed by atoms with Crippen molar-refractivity contribution in [3.8, 4) is 11.4 Å². The van der Waals surface area contributed by atoms with E-state index in [0.717, 1.165) is 33.5 Å². The molecular weight excluding hydrogens is 452 g/mol. The Hall–Kier alpha value is -2.94. The van der Waals surface area contributed by atoms with Gasteiger partial charge in [0.2, 0.25) is 10.0 Å². The van der Waals surface area contributed by atoms with Crippen molar-refractivity contribution in [1.29, 1.82) is 0 Å². The van der Waals surface area contributed by atoms with Crippen LogP contribution in [0.5, 0.6) is 0 Å². The zero-order valence-electron chi connectivity index (χ0n) is 18.2. The molecule has 1 aliphatic rings. The lowest BCUT2D eigenvalue weighted by atomic mass is 10.1. The van der Waals surface area contributed by atoms with Gasteiger partial charge in [-0.05, 0) is 36.8 Å². The molecular formula is C25H24N4O2S2. The number of rotatable bonds is 5. The van der Waals surface area contributed by atoms with E-state index in [0.29, 0.717) is 35.3 Å². The minimum absolute atomic E-state index is 0.334. The van der Waals surface area contributed by atoms with Crippen LogP contribution in [0.1, 0.15) is 5.56 Å². The fourth-order valence-corrected chi connectivity index (χ4v) is 6.73. The van der Waals surface area contributed by atoms with E-state index >= 15 is 0 Å². The maximum Gasteiger partial charge on any atom is 0.243 e. The molecule has 0 amide bonds. The molecule has 2 heterocycles. The molecule has 5 rings (SSSR count). The average Bonchev–Trinajstić information content (AvgIpc) is 2.86. The molecule has 0 bridgehead atoms.